The molecule has 0 aromatic heterocycles. The first-order chi connectivity index (χ1) is 16.3. The lowest BCUT2D eigenvalue weighted by molar-refractivity contribution is -0.136. The van der Waals surface area contributed by atoms with Crippen LogP contribution in [0.2, 0.25) is 0 Å². The predicted octanol–water partition coefficient (Wildman–Crippen LogP) is 3.72. The highest BCUT2D eigenvalue weighted by atomic mass is 16.5. The molecule has 0 spiro atoms. The third-order valence-corrected chi connectivity index (χ3v) is 5.00. The molecule has 3 N–H and O–H groups in total. The van der Waals surface area contributed by atoms with Crippen LogP contribution in [0.15, 0.2) is 71.8 Å². The number of carbonyl (C=O) groups is 3. The molecule has 0 unspecified atom stereocenters. The number of rotatable bonds is 7. The van der Waals surface area contributed by atoms with Crippen molar-refractivity contribution in [2.24, 2.45) is 5.10 Å². The molecule has 0 aliphatic heterocycles. The molecule has 0 heterocycles. The largest absolute Gasteiger partial charge is 0.484 e. The Hall–Kier alpha value is -4.46. The Balaban J connectivity index is 1.49. The molecule has 34 heavy (non-hydrogen) atoms. The number of hydrazone groups is 1. The van der Waals surface area contributed by atoms with Crippen LogP contribution in [0, 0.1) is 20.8 Å². The molecule has 8 heteroatoms. The molecule has 0 saturated carbocycles. The molecule has 0 saturated heterocycles. The summed E-state index contributed by atoms with van der Waals surface area (Å²) in [5.41, 5.74) is 7.15. The number of carbonyl (C=O) groups excluding carboxylic acids is 3. The van der Waals surface area contributed by atoms with Crippen LogP contribution in [-0.2, 0) is 14.4 Å². The van der Waals surface area contributed by atoms with Gasteiger partial charge in [-0.05, 0) is 73.4 Å². The van der Waals surface area contributed by atoms with E-state index < -0.39 is 11.8 Å². The van der Waals surface area contributed by atoms with Gasteiger partial charge in [0, 0.05) is 11.4 Å². The third-order valence-electron chi connectivity index (χ3n) is 5.00. The van der Waals surface area contributed by atoms with Crippen LogP contribution in [-0.4, -0.2) is 30.5 Å². The van der Waals surface area contributed by atoms with Gasteiger partial charge in [0.25, 0.3) is 5.91 Å². The Kier molecular flexibility index (Phi) is 8.12. The van der Waals surface area contributed by atoms with Crippen molar-refractivity contribution in [3.05, 3.63) is 89.0 Å². The number of hydrogen-bond donors (Lipinski definition) is 3. The van der Waals surface area contributed by atoms with Gasteiger partial charge >= 0.3 is 11.8 Å². The molecule has 0 radical (unpaired) electrons. The predicted molar refractivity (Wildman–Crippen MR) is 132 cm³/mol. The van der Waals surface area contributed by atoms with Crippen molar-refractivity contribution in [1.82, 2.24) is 5.43 Å². The second-order valence-corrected chi connectivity index (χ2v) is 7.68. The minimum atomic E-state index is -0.894. The van der Waals surface area contributed by atoms with E-state index in [0.717, 1.165) is 16.7 Å². The van der Waals surface area contributed by atoms with E-state index >= 15 is 0 Å². The fourth-order valence-corrected chi connectivity index (χ4v) is 2.96. The zero-order valence-corrected chi connectivity index (χ0v) is 19.2. The Morgan fingerprint density at radius 1 is 0.824 bits per heavy atom. The normalized spacial score (nSPS) is 10.6. The van der Waals surface area contributed by atoms with Crippen molar-refractivity contribution >= 4 is 35.3 Å². The fourth-order valence-electron chi connectivity index (χ4n) is 2.96. The van der Waals surface area contributed by atoms with Crippen LogP contribution in [0.1, 0.15) is 22.3 Å². The molecule has 3 aromatic carbocycles. The molecule has 3 aromatic rings. The van der Waals surface area contributed by atoms with E-state index in [2.05, 4.69) is 21.2 Å². The fraction of sp³-hybridized carbons (Fsp3) is 0.154. The zero-order valence-electron chi connectivity index (χ0n) is 19.2. The Morgan fingerprint density at radius 2 is 1.62 bits per heavy atom. The van der Waals surface area contributed by atoms with E-state index in [9.17, 15) is 14.4 Å². The molecule has 0 aliphatic rings. The maximum Gasteiger partial charge on any atom is 0.329 e. The summed E-state index contributed by atoms with van der Waals surface area (Å²) in [5.74, 6) is -1.54. The molecule has 174 valence electrons. The smallest absolute Gasteiger partial charge is 0.329 e. The summed E-state index contributed by atoms with van der Waals surface area (Å²) >= 11 is 0. The van der Waals surface area contributed by atoms with Gasteiger partial charge in [0.05, 0.1) is 6.21 Å². The van der Waals surface area contributed by atoms with Gasteiger partial charge in [-0.25, -0.2) is 5.43 Å². The van der Waals surface area contributed by atoms with Crippen molar-refractivity contribution in [2.75, 3.05) is 17.2 Å². The average molecular weight is 459 g/mol. The van der Waals surface area contributed by atoms with Gasteiger partial charge in [-0.3, -0.25) is 14.4 Å². The lowest BCUT2D eigenvalue weighted by Gasteiger charge is -2.09. The van der Waals surface area contributed by atoms with Gasteiger partial charge in [0.15, 0.2) is 6.61 Å². The average Bonchev–Trinajstić information content (AvgIpc) is 2.82. The summed E-state index contributed by atoms with van der Waals surface area (Å²) in [5, 5.41) is 9.15. The van der Waals surface area contributed by atoms with E-state index in [4.69, 9.17) is 4.74 Å². The number of hydrogen-bond acceptors (Lipinski definition) is 5. The van der Waals surface area contributed by atoms with Gasteiger partial charge in [0.2, 0.25) is 0 Å². The molecule has 0 fully saturated rings. The van der Waals surface area contributed by atoms with Gasteiger partial charge in [0.1, 0.15) is 5.75 Å². The second kappa shape index (κ2) is 11.4. The minimum absolute atomic E-state index is 0.163. The maximum absolute atomic E-state index is 12.2. The third kappa shape index (κ3) is 7.03. The molecule has 0 atom stereocenters. The topological polar surface area (TPSA) is 109 Å². The molecular formula is C26H26N4O4. The number of ether oxygens (including phenoxy) is 1. The van der Waals surface area contributed by atoms with E-state index in [1.807, 2.05) is 51.1 Å². The van der Waals surface area contributed by atoms with Gasteiger partial charge in [-0.2, -0.15) is 5.10 Å². The van der Waals surface area contributed by atoms with E-state index in [0.29, 0.717) is 22.7 Å². The maximum atomic E-state index is 12.2. The lowest BCUT2D eigenvalue weighted by Crippen LogP contribution is -2.32. The van der Waals surface area contributed by atoms with Crippen molar-refractivity contribution in [3.63, 3.8) is 0 Å². The van der Waals surface area contributed by atoms with Crippen LogP contribution in [0.4, 0.5) is 11.4 Å². The number of aryl methyl sites for hydroxylation is 3. The van der Waals surface area contributed by atoms with Crippen molar-refractivity contribution in [1.29, 1.82) is 0 Å². The first kappa shape index (κ1) is 24.2. The number of nitrogens with zero attached hydrogens (tertiary/aromatic N) is 1. The van der Waals surface area contributed by atoms with Crippen LogP contribution >= 0.6 is 0 Å². The van der Waals surface area contributed by atoms with Gasteiger partial charge in [-0.1, -0.05) is 36.4 Å². The highest BCUT2D eigenvalue weighted by Gasteiger charge is 2.13. The molecular weight excluding hydrogens is 432 g/mol. The number of nitrogens with one attached hydrogen (secondary N) is 3. The van der Waals surface area contributed by atoms with Crippen LogP contribution in [0.5, 0.6) is 5.75 Å². The Labute approximate surface area is 198 Å². The summed E-state index contributed by atoms with van der Waals surface area (Å²) in [4.78, 5) is 36.2. The monoisotopic (exact) mass is 458 g/mol. The summed E-state index contributed by atoms with van der Waals surface area (Å²) in [6.45, 7) is 5.65. The van der Waals surface area contributed by atoms with Crippen LogP contribution < -0.4 is 20.8 Å². The summed E-state index contributed by atoms with van der Waals surface area (Å²) < 4.78 is 5.55. The highest BCUT2D eigenvalue weighted by Crippen LogP contribution is 2.15. The SMILES string of the molecule is Cc1ccc(NC(=O)COc2cccc(C=NNC(=O)C(=O)Nc3ccccc3C)c2)cc1C. The summed E-state index contributed by atoms with van der Waals surface area (Å²) in [7, 11) is 0. The Bertz CT molecular complexity index is 1240. The van der Waals surface area contributed by atoms with Crippen molar-refractivity contribution < 1.29 is 19.1 Å². The molecule has 8 nitrogen and oxygen atoms in total. The number of para-hydroxylation sites is 1. The molecule has 0 aliphatic carbocycles. The quantitative estimate of drug-likeness (QED) is 0.285. The van der Waals surface area contributed by atoms with Crippen LogP contribution in [0.25, 0.3) is 0 Å². The van der Waals surface area contributed by atoms with Gasteiger partial charge in [-0.15, -0.1) is 0 Å². The first-order valence-corrected chi connectivity index (χ1v) is 10.6. The van der Waals surface area contributed by atoms with Crippen molar-refractivity contribution in [3.8, 4) is 5.75 Å². The number of benzene rings is 3. The van der Waals surface area contributed by atoms with Crippen LogP contribution in [0.3, 0.4) is 0 Å². The first-order valence-electron chi connectivity index (χ1n) is 10.6. The summed E-state index contributed by atoms with van der Waals surface area (Å²) in [6, 6.07) is 19.7. The lowest BCUT2D eigenvalue weighted by atomic mass is 10.1. The van der Waals surface area contributed by atoms with E-state index in [1.54, 1.807) is 36.4 Å². The second-order valence-electron chi connectivity index (χ2n) is 7.68. The highest BCUT2D eigenvalue weighted by molar-refractivity contribution is 6.39. The molecule has 0 bridgehead atoms. The zero-order chi connectivity index (χ0) is 24.5. The minimum Gasteiger partial charge on any atom is -0.484 e. The standard InChI is InChI=1S/C26H26N4O4/c1-17-11-12-21(13-19(17)3)28-24(31)16-34-22-9-6-8-20(14-22)15-27-30-26(33)25(32)29-23-10-5-4-7-18(23)2/h4-15H,16H2,1-3H3,(H,28,31)(H,29,32)(H,30,33). The van der Waals surface area contributed by atoms with E-state index in [1.165, 1.54) is 6.21 Å². The molecule has 3 amide bonds. The molecule has 3 rings (SSSR count). The van der Waals surface area contributed by atoms with Crippen molar-refractivity contribution in [2.45, 2.75) is 20.8 Å². The van der Waals surface area contributed by atoms with Gasteiger partial charge < -0.3 is 15.4 Å². The Morgan fingerprint density at radius 3 is 2.38 bits per heavy atom. The number of anilines is 2. The van der Waals surface area contributed by atoms with E-state index in [-0.39, 0.29) is 12.5 Å². The number of amides is 3. The summed E-state index contributed by atoms with van der Waals surface area (Å²) in [6.07, 6.45) is 1.38.